The molecule has 0 saturated carbocycles. The van der Waals surface area contributed by atoms with E-state index in [9.17, 15) is 23.6 Å². The zero-order valence-electron chi connectivity index (χ0n) is 10.9. The highest BCUT2D eigenvalue weighted by Crippen LogP contribution is 2.37. The highest BCUT2D eigenvalue weighted by atomic mass is 32.2. The van der Waals surface area contributed by atoms with E-state index in [-0.39, 0.29) is 16.3 Å². The lowest BCUT2D eigenvalue weighted by Crippen LogP contribution is -1.99. The van der Waals surface area contributed by atoms with Crippen molar-refractivity contribution in [1.29, 1.82) is 0 Å². The van der Waals surface area contributed by atoms with Gasteiger partial charge in [0.05, 0.1) is 14.7 Å². The molecule has 0 fully saturated rings. The van der Waals surface area contributed by atoms with E-state index >= 15 is 0 Å². The quantitative estimate of drug-likeness (QED) is 0.685. The Morgan fingerprint density at radius 1 is 1.19 bits per heavy atom. The van der Waals surface area contributed by atoms with Crippen LogP contribution in [0.2, 0.25) is 0 Å². The van der Waals surface area contributed by atoms with Crippen LogP contribution in [0.25, 0.3) is 0 Å². The number of nitro groups is 1. The Bertz CT molecular complexity index is 802. The fourth-order valence-electron chi connectivity index (χ4n) is 1.63. The smallest absolute Gasteiger partial charge is 0.284 e. The molecule has 2 aromatic rings. The Labute approximate surface area is 125 Å². The third-order valence-corrected chi connectivity index (χ3v) is 4.77. The molecule has 2 aromatic carbocycles. The molecule has 0 bridgehead atoms. The van der Waals surface area contributed by atoms with Crippen molar-refractivity contribution in [3.63, 3.8) is 0 Å². The van der Waals surface area contributed by atoms with Crippen molar-refractivity contribution in [3.8, 4) is 5.75 Å². The van der Waals surface area contributed by atoms with E-state index in [1.807, 2.05) is 0 Å². The molecule has 21 heavy (non-hydrogen) atoms. The SMILES string of the molecule is CS(=O)(=O)c1ccc(Sc2cccc(O)c2)c([N+](=O)[O-])c1. The molecule has 8 heteroatoms. The first-order chi connectivity index (χ1) is 9.77. The summed E-state index contributed by atoms with van der Waals surface area (Å²) in [6.07, 6.45) is 0.994. The average molecular weight is 325 g/mol. The summed E-state index contributed by atoms with van der Waals surface area (Å²) in [5, 5.41) is 20.5. The van der Waals surface area contributed by atoms with E-state index in [4.69, 9.17) is 0 Å². The number of rotatable bonds is 4. The van der Waals surface area contributed by atoms with E-state index in [1.165, 1.54) is 24.3 Å². The van der Waals surface area contributed by atoms with Crippen LogP contribution in [0.1, 0.15) is 0 Å². The largest absolute Gasteiger partial charge is 0.508 e. The molecular weight excluding hydrogens is 314 g/mol. The molecule has 110 valence electrons. The Morgan fingerprint density at radius 3 is 2.48 bits per heavy atom. The normalized spacial score (nSPS) is 11.3. The van der Waals surface area contributed by atoms with Crippen molar-refractivity contribution in [2.75, 3.05) is 6.26 Å². The maximum absolute atomic E-state index is 11.5. The van der Waals surface area contributed by atoms with Gasteiger partial charge in [-0.15, -0.1) is 0 Å². The standard InChI is InChI=1S/C13H11NO5S2/c1-21(18,19)11-5-6-13(12(8-11)14(16)17)20-10-4-2-3-9(15)7-10/h2-8,15H,1H3. The molecule has 0 unspecified atom stereocenters. The molecule has 0 heterocycles. The van der Waals surface area contributed by atoms with Gasteiger partial charge in [0, 0.05) is 17.2 Å². The molecule has 0 aliphatic rings. The number of phenolic OH excluding ortho intramolecular Hbond substituents is 1. The minimum atomic E-state index is -3.51. The van der Waals surface area contributed by atoms with Crippen molar-refractivity contribution in [1.82, 2.24) is 0 Å². The van der Waals surface area contributed by atoms with Gasteiger partial charge in [0.2, 0.25) is 0 Å². The van der Waals surface area contributed by atoms with Gasteiger partial charge in [-0.1, -0.05) is 17.8 Å². The molecule has 0 spiro atoms. The fraction of sp³-hybridized carbons (Fsp3) is 0.0769. The maximum atomic E-state index is 11.5. The first-order valence-corrected chi connectivity index (χ1v) is 8.43. The summed E-state index contributed by atoms with van der Waals surface area (Å²) in [5.41, 5.74) is -0.286. The topological polar surface area (TPSA) is 97.5 Å². The van der Waals surface area contributed by atoms with E-state index < -0.39 is 14.8 Å². The van der Waals surface area contributed by atoms with Gasteiger partial charge in [-0.05, 0) is 30.3 Å². The van der Waals surface area contributed by atoms with Gasteiger partial charge < -0.3 is 5.11 Å². The summed E-state index contributed by atoms with van der Waals surface area (Å²) in [7, 11) is -3.51. The number of nitro benzene ring substituents is 1. The predicted molar refractivity (Wildman–Crippen MR) is 78.4 cm³/mol. The predicted octanol–water partition coefficient (Wildman–Crippen LogP) is 2.86. The monoisotopic (exact) mass is 325 g/mol. The van der Waals surface area contributed by atoms with Gasteiger partial charge in [-0.2, -0.15) is 0 Å². The van der Waals surface area contributed by atoms with Crippen LogP contribution < -0.4 is 0 Å². The summed E-state index contributed by atoms with van der Waals surface area (Å²) in [6, 6.07) is 10.0. The van der Waals surface area contributed by atoms with Crippen LogP contribution in [0.5, 0.6) is 5.75 Å². The molecule has 0 aromatic heterocycles. The van der Waals surface area contributed by atoms with Gasteiger partial charge in [-0.25, -0.2) is 8.42 Å². The summed E-state index contributed by atoms with van der Waals surface area (Å²) < 4.78 is 22.9. The Balaban J connectivity index is 2.47. The first kappa shape index (κ1) is 15.3. The van der Waals surface area contributed by atoms with E-state index in [1.54, 1.807) is 12.1 Å². The number of aromatic hydroxyl groups is 1. The number of hydrogen-bond donors (Lipinski definition) is 1. The average Bonchev–Trinajstić information content (AvgIpc) is 2.37. The maximum Gasteiger partial charge on any atom is 0.284 e. The molecule has 0 aliphatic heterocycles. The van der Waals surface area contributed by atoms with Gasteiger partial charge in [-0.3, -0.25) is 10.1 Å². The summed E-state index contributed by atoms with van der Waals surface area (Å²) >= 11 is 1.08. The van der Waals surface area contributed by atoms with Crippen molar-refractivity contribution < 1.29 is 18.4 Å². The van der Waals surface area contributed by atoms with Crippen LogP contribution in [0.3, 0.4) is 0 Å². The summed E-state index contributed by atoms with van der Waals surface area (Å²) in [6.45, 7) is 0. The molecule has 0 aliphatic carbocycles. The lowest BCUT2D eigenvalue weighted by Gasteiger charge is -2.05. The van der Waals surface area contributed by atoms with Gasteiger partial charge >= 0.3 is 0 Å². The van der Waals surface area contributed by atoms with Gasteiger partial charge in [0.1, 0.15) is 5.75 Å². The second-order valence-electron chi connectivity index (χ2n) is 4.26. The van der Waals surface area contributed by atoms with Crippen molar-refractivity contribution in [3.05, 3.63) is 52.6 Å². The van der Waals surface area contributed by atoms with E-state index in [2.05, 4.69) is 0 Å². The Hall–Kier alpha value is -2.06. The lowest BCUT2D eigenvalue weighted by atomic mass is 10.3. The lowest BCUT2D eigenvalue weighted by molar-refractivity contribution is -0.388. The Kier molecular flexibility index (Phi) is 4.19. The minimum absolute atomic E-state index is 0.0513. The Morgan fingerprint density at radius 2 is 1.90 bits per heavy atom. The van der Waals surface area contributed by atoms with Crippen LogP contribution in [0.15, 0.2) is 57.2 Å². The third-order valence-electron chi connectivity index (χ3n) is 2.60. The van der Waals surface area contributed by atoms with Crippen molar-refractivity contribution in [2.24, 2.45) is 0 Å². The summed E-state index contributed by atoms with van der Waals surface area (Å²) in [4.78, 5) is 11.3. The van der Waals surface area contributed by atoms with Gasteiger partial charge in [0.15, 0.2) is 9.84 Å². The number of hydrogen-bond acceptors (Lipinski definition) is 6. The van der Waals surface area contributed by atoms with Crippen molar-refractivity contribution >= 4 is 27.3 Å². The van der Waals surface area contributed by atoms with Crippen LogP contribution in [-0.4, -0.2) is 24.7 Å². The molecule has 0 atom stereocenters. The molecule has 0 radical (unpaired) electrons. The van der Waals surface area contributed by atoms with Crippen LogP contribution in [0.4, 0.5) is 5.69 Å². The van der Waals surface area contributed by atoms with Crippen LogP contribution >= 0.6 is 11.8 Å². The van der Waals surface area contributed by atoms with E-state index in [0.29, 0.717) is 9.79 Å². The number of benzene rings is 2. The fourth-order valence-corrected chi connectivity index (χ4v) is 3.23. The molecule has 6 nitrogen and oxygen atoms in total. The highest BCUT2D eigenvalue weighted by Gasteiger charge is 2.19. The zero-order chi connectivity index (χ0) is 15.6. The molecule has 1 N–H and O–H groups in total. The summed E-state index contributed by atoms with van der Waals surface area (Å²) in [5.74, 6) is 0.0513. The van der Waals surface area contributed by atoms with Gasteiger partial charge in [0.25, 0.3) is 5.69 Å². The van der Waals surface area contributed by atoms with Crippen LogP contribution in [-0.2, 0) is 9.84 Å². The third kappa shape index (κ3) is 3.73. The molecular formula is C13H11NO5S2. The highest BCUT2D eigenvalue weighted by molar-refractivity contribution is 7.99. The molecule has 0 amide bonds. The van der Waals surface area contributed by atoms with Crippen LogP contribution in [0, 0.1) is 10.1 Å². The minimum Gasteiger partial charge on any atom is -0.508 e. The second kappa shape index (κ2) is 5.74. The number of phenols is 1. The molecule has 0 saturated heterocycles. The number of sulfone groups is 1. The second-order valence-corrected chi connectivity index (χ2v) is 7.39. The number of nitrogens with zero attached hydrogens (tertiary/aromatic N) is 1. The first-order valence-electron chi connectivity index (χ1n) is 5.73. The zero-order valence-corrected chi connectivity index (χ0v) is 12.5. The van der Waals surface area contributed by atoms with Crippen molar-refractivity contribution in [2.45, 2.75) is 14.7 Å². The van der Waals surface area contributed by atoms with E-state index in [0.717, 1.165) is 24.1 Å². The molecule has 2 rings (SSSR count).